The molecule has 0 spiro atoms. The average Bonchev–Trinajstić information content (AvgIpc) is 2.51. The molecule has 1 amide bonds. The molecule has 0 aliphatic rings. The molecule has 23 heavy (non-hydrogen) atoms. The van der Waals surface area contributed by atoms with E-state index >= 15 is 0 Å². The zero-order valence-corrected chi connectivity index (χ0v) is 14.4. The molecule has 0 heterocycles. The Bertz CT molecular complexity index is 746. The highest BCUT2D eigenvalue weighted by molar-refractivity contribution is 9.10. The molecule has 0 aliphatic heterocycles. The smallest absolute Gasteiger partial charge is 0.339 e. The molecule has 0 unspecified atom stereocenters. The van der Waals surface area contributed by atoms with Gasteiger partial charge in [-0.05, 0) is 23.8 Å². The van der Waals surface area contributed by atoms with E-state index in [1.54, 1.807) is 0 Å². The Kier molecular flexibility index (Phi) is 5.63. The quantitative estimate of drug-likeness (QED) is 0.798. The van der Waals surface area contributed by atoms with E-state index in [1.165, 1.54) is 19.2 Å². The van der Waals surface area contributed by atoms with Crippen molar-refractivity contribution >= 4 is 45.1 Å². The van der Waals surface area contributed by atoms with E-state index in [2.05, 4.69) is 21.2 Å². The molecule has 2 rings (SSSR count). The lowest BCUT2D eigenvalue weighted by Gasteiger charge is -2.11. The van der Waals surface area contributed by atoms with Crippen LogP contribution >= 0.6 is 27.5 Å². The number of hydrogen-bond acceptors (Lipinski definition) is 3. The number of hydrogen-bond donors (Lipinski definition) is 2. The molecule has 0 saturated carbocycles. The largest absolute Gasteiger partial charge is 0.496 e. The summed E-state index contributed by atoms with van der Waals surface area (Å²) in [6.07, 6.45) is 0.173. The summed E-state index contributed by atoms with van der Waals surface area (Å²) in [7, 11) is 1.35. The summed E-state index contributed by atoms with van der Waals surface area (Å²) >= 11 is 9.36. The van der Waals surface area contributed by atoms with E-state index in [-0.39, 0.29) is 28.7 Å². The maximum absolute atomic E-state index is 12.1. The van der Waals surface area contributed by atoms with Crippen molar-refractivity contribution in [3.05, 3.63) is 57.0 Å². The second-order valence-corrected chi connectivity index (χ2v) is 6.01. The van der Waals surface area contributed by atoms with Crippen LogP contribution in [0.25, 0.3) is 0 Å². The van der Waals surface area contributed by atoms with Gasteiger partial charge in [0.15, 0.2) is 0 Å². The lowest BCUT2D eigenvalue weighted by atomic mass is 10.1. The number of rotatable bonds is 5. The van der Waals surface area contributed by atoms with Gasteiger partial charge in [-0.1, -0.05) is 39.7 Å². The number of carboxylic acid groups (broad SMARTS) is 1. The summed E-state index contributed by atoms with van der Waals surface area (Å²) in [5.74, 6) is -1.29. The third-order valence-corrected chi connectivity index (χ3v) is 3.91. The van der Waals surface area contributed by atoms with Crippen LogP contribution in [0.2, 0.25) is 5.02 Å². The fourth-order valence-corrected chi connectivity index (χ4v) is 2.44. The topological polar surface area (TPSA) is 75.6 Å². The van der Waals surface area contributed by atoms with E-state index in [4.69, 9.17) is 21.4 Å². The van der Waals surface area contributed by atoms with E-state index in [0.717, 1.165) is 10.0 Å². The highest BCUT2D eigenvalue weighted by Crippen LogP contribution is 2.31. The molecule has 0 atom stereocenters. The van der Waals surface area contributed by atoms with Crippen LogP contribution in [0.5, 0.6) is 5.75 Å². The Balaban J connectivity index is 2.17. The number of benzene rings is 2. The molecular weight excluding hydrogens is 386 g/mol. The Labute approximate surface area is 146 Å². The molecule has 0 fully saturated rings. The summed E-state index contributed by atoms with van der Waals surface area (Å²) in [4.78, 5) is 23.2. The Morgan fingerprint density at radius 3 is 2.48 bits per heavy atom. The number of methoxy groups -OCH3 is 1. The fourth-order valence-electron chi connectivity index (χ4n) is 1.97. The highest BCUT2D eigenvalue weighted by Gasteiger charge is 2.16. The molecule has 2 aromatic carbocycles. The van der Waals surface area contributed by atoms with Crippen molar-refractivity contribution < 1.29 is 19.4 Å². The first kappa shape index (κ1) is 17.3. The van der Waals surface area contributed by atoms with Gasteiger partial charge < -0.3 is 15.2 Å². The number of carbonyl (C=O) groups is 2. The van der Waals surface area contributed by atoms with Crippen molar-refractivity contribution in [3.63, 3.8) is 0 Å². The lowest BCUT2D eigenvalue weighted by Crippen LogP contribution is -2.15. The van der Waals surface area contributed by atoms with Crippen LogP contribution in [0, 0.1) is 0 Å². The zero-order valence-electron chi connectivity index (χ0n) is 12.1. The Morgan fingerprint density at radius 1 is 1.26 bits per heavy atom. The van der Waals surface area contributed by atoms with Crippen molar-refractivity contribution in [2.45, 2.75) is 6.42 Å². The van der Waals surface area contributed by atoms with Crippen molar-refractivity contribution in [1.82, 2.24) is 0 Å². The Morgan fingerprint density at radius 2 is 1.91 bits per heavy atom. The minimum atomic E-state index is -1.16. The van der Waals surface area contributed by atoms with Crippen LogP contribution in [-0.4, -0.2) is 24.1 Å². The normalized spacial score (nSPS) is 10.2. The molecular formula is C16H13BrClNO4. The molecule has 0 aliphatic carbocycles. The third kappa shape index (κ3) is 4.46. The standard InChI is InChI=1S/C16H13BrClNO4/c1-23-14-8-13(12(18)7-11(14)16(21)22)19-15(20)6-9-2-4-10(17)5-3-9/h2-5,7-8H,6H2,1H3,(H,19,20)(H,21,22). The molecule has 5 nitrogen and oxygen atoms in total. The number of carboxylic acids is 1. The van der Waals surface area contributed by atoms with Crippen molar-refractivity contribution in [1.29, 1.82) is 0 Å². The second-order valence-electron chi connectivity index (χ2n) is 4.69. The third-order valence-electron chi connectivity index (χ3n) is 3.07. The van der Waals surface area contributed by atoms with Gasteiger partial charge >= 0.3 is 5.97 Å². The maximum Gasteiger partial charge on any atom is 0.339 e. The van der Waals surface area contributed by atoms with Gasteiger partial charge in [0.25, 0.3) is 0 Å². The number of carbonyl (C=O) groups excluding carboxylic acids is 1. The molecule has 0 bridgehead atoms. The highest BCUT2D eigenvalue weighted by atomic mass is 79.9. The molecule has 2 N–H and O–H groups in total. The second kappa shape index (κ2) is 7.48. The lowest BCUT2D eigenvalue weighted by molar-refractivity contribution is -0.115. The van der Waals surface area contributed by atoms with Crippen molar-refractivity contribution in [3.8, 4) is 5.75 Å². The first-order valence-electron chi connectivity index (χ1n) is 6.56. The molecule has 7 heteroatoms. The van der Waals surface area contributed by atoms with Gasteiger partial charge in [-0.15, -0.1) is 0 Å². The summed E-state index contributed by atoms with van der Waals surface area (Å²) in [6.45, 7) is 0. The van der Waals surface area contributed by atoms with Crippen LogP contribution in [0.1, 0.15) is 15.9 Å². The fraction of sp³-hybridized carbons (Fsp3) is 0.125. The number of amides is 1. The number of nitrogens with one attached hydrogen (secondary N) is 1. The van der Waals surface area contributed by atoms with E-state index in [9.17, 15) is 9.59 Å². The molecule has 0 saturated heterocycles. The van der Waals surface area contributed by atoms with Crippen LogP contribution in [0.3, 0.4) is 0 Å². The number of ether oxygens (including phenoxy) is 1. The summed E-state index contributed by atoms with van der Waals surface area (Å²) in [5.41, 5.74) is 1.08. The van der Waals surface area contributed by atoms with E-state index < -0.39 is 5.97 Å². The van der Waals surface area contributed by atoms with Crippen LogP contribution < -0.4 is 10.1 Å². The van der Waals surface area contributed by atoms with Gasteiger partial charge in [0.2, 0.25) is 5.91 Å². The predicted octanol–water partition coefficient (Wildman–Crippen LogP) is 3.99. The monoisotopic (exact) mass is 397 g/mol. The van der Waals surface area contributed by atoms with Crippen LogP contribution in [0.4, 0.5) is 5.69 Å². The first-order valence-corrected chi connectivity index (χ1v) is 7.73. The summed E-state index contributed by atoms with van der Waals surface area (Å²) in [5, 5.41) is 11.9. The maximum atomic E-state index is 12.1. The van der Waals surface area contributed by atoms with Crippen LogP contribution in [0.15, 0.2) is 40.9 Å². The number of halogens is 2. The predicted molar refractivity (Wildman–Crippen MR) is 91.4 cm³/mol. The van der Waals surface area contributed by atoms with Crippen molar-refractivity contribution in [2.24, 2.45) is 0 Å². The molecule has 2 aromatic rings. The van der Waals surface area contributed by atoms with Crippen LogP contribution in [-0.2, 0) is 11.2 Å². The molecule has 0 aromatic heterocycles. The van der Waals surface area contributed by atoms with Gasteiger partial charge in [0, 0.05) is 10.5 Å². The zero-order chi connectivity index (χ0) is 17.0. The van der Waals surface area contributed by atoms with E-state index in [1.807, 2.05) is 24.3 Å². The van der Waals surface area contributed by atoms with Gasteiger partial charge in [-0.2, -0.15) is 0 Å². The van der Waals surface area contributed by atoms with Gasteiger partial charge in [0.05, 0.1) is 24.2 Å². The SMILES string of the molecule is COc1cc(NC(=O)Cc2ccc(Br)cc2)c(Cl)cc1C(=O)O. The molecule has 120 valence electrons. The van der Waals surface area contributed by atoms with Crippen molar-refractivity contribution in [2.75, 3.05) is 12.4 Å². The number of aromatic carboxylic acids is 1. The van der Waals surface area contributed by atoms with Gasteiger partial charge in [0.1, 0.15) is 11.3 Å². The van der Waals surface area contributed by atoms with Gasteiger partial charge in [-0.25, -0.2) is 4.79 Å². The first-order chi connectivity index (χ1) is 10.9. The minimum absolute atomic E-state index is 0.0663. The van der Waals surface area contributed by atoms with E-state index in [0.29, 0.717) is 5.69 Å². The van der Waals surface area contributed by atoms with Gasteiger partial charge in [-0.3, -0.25) is 4.79 Å². The summed E-state index contributed by atoms with van der Waals surface area (Å²) < 4.78 is 5.95. The molecule has 0 radical (unpaired) electrons. The summed E-state index contributed by atoms with van der Waals surface area (Å²) in [6, 6.07) is 10.0. The Hall–Kier alpha value is -2.05. The number of anilines is 1. The minimum Gasteiger partial charge on any atom is -0.496 e. The average molecular weight is 399 g/mol.